The third kappa shape index (κ3) is 7.13. The Morgan fingerprint density at radius 2 is 1.70 bits per heavy atom. The molecule has 0 aliphatic rings. The van der Waals surface area contributed by atoms with Gasteiger partial charge in [-0.05, 0) is 48.8 Å². The molecule has 0 heterocycles. The summed E-state index contributed by atoms with van der Waals surface area (Å²) in [6, 6.07) is 6.64. The highest BCUT2D eigenvalue weighted by atomic mass is 28.4. The molecular formula is C23H40N2O4Si. The number of likely N-dealkylation sites (N-methyl/N-ethyl adjacent to an activating group) is 1. The fraction of sp³-hybridized carbons (Fsp3) is 0.652. The van der Waals surface area contributed by atoms with Gasteiger partial charge in [-0.1, -0.05) is 53.2 Å². The van der Waals surface area contributed by atoms with Crippen molar-refractivity contribution in [3.8, 4) is 5.75 Å². The van der Waals surface area contributed by atoms with Crippen molar-refractivity contribution in [2.24, 2.45) is 5.92 Å². The van der Waals surface area contributed by atoms with E-state index in [2.05, 4.69) is 44.5 Å². The van der Waals surface area contributed by atoms with E-state index in [0.717, 1.165) is 17.7 Å². The molecule has 6 nitrogen and oxygen atoms in total. The van der Waals surface area contributed by atoms with Gasteiger partial charge < -0.3 is 19.8 Å². The number of benzene rings is 1. The van der Waals surface area contributed by atoms with Crippen LogP contribution in [0.1, 0.15) is 46.6 Å². The SMILES string of the molecule is CC[C@H](C)[C@H](NC)C(=O)N[C@H](Cc1ccc(O[Si](C)(C)C(C)(C)C)cc1)C(=O)OC. The summed E-state index contributed by atoms with van der Waals surface area (Å²) in [6.45, 7) is 15.1. The van der Waals surface area contributed by atoms with Gasteiger partial charge in [0.05, 0.1) is 13.2 Å². The highest BCUT2D eigenvalue weighted by molar-refractivity contribution is 6.74. The Balaban J connectivity index is 2.91. The minimum atomic E-state index is -1.91. The minimum Gasteiger partial charge on any atom is -0.544 e. The second kappa shape index (κ2) is 11.0. The molecule has 1 aromatic rings. The number of nitrogens with one attached hydrogen (secondary N) is 2. The number of hydrogen-bond acceptors (Lipinski definition) is 5. The van der Waals surface area contributed by atoms with E-state index in [4.69, 9.17) is 9.16 Å². The van der Waals surface area contributed by atoms with Gasteiger partial charge in [-0.3, -0.25) is 4.79 Å². The summed E-state index contributed by atoms with van der Waals surface area (Å²) in [5.74, 6) is 0.333. The number of methoxy groups -OCH3 is 1. The first kappa shape index (κ1) is 26.2. The number of carbonyl (C=O) groups is 2. The van der Waals surface area contributed by atoms with Crippen LogP contribution in [0.5, 0.6) is 5.75 Å². The molecule has 3 atom stereocenters. The summed E-state index contributed by atoms with van der Waals surface area (Å²) in [6.07, 6.45) is 1.22. The van der Waals surface area contributed by atoms with Crippen LogP contribution in [0.2, 0.25) is 18.1 Å². The molecule has 1 amide bonds. The van der Waals surface area contributed by atoms with Gasteiger partial charge >= 0.3 is 5.97 Å². The highest BCUT2D eigenvalue weighted by Gasteiger charge is 2.39. The van der Waals surface area contributed by atoms with Gasteiger partial charge in [-0.15, -0.1) is 0 Å². The average Bonchev–Trinajstić information content (AvgIpc) is 2.67. The summed E-state index contributed by atoms with van der Waals surface area (Å²) in [5, 5.41) is 6.01. The van der Waals surface area contributed by atoms with Crippen LogP contribution in [0.4, 0.5) is 0 Å². The molecular weight excluding hydrogens is 396 g/mol. The molecule has 0 aliphatic carbocycles. The number of hydrogen-bond donors (Lipinski definition) is 2. The van der Waals surface area contributed by atoms with Gasteiger partial charge in [0.1, 0.15) is 11.8 Å². The maximum atomic E-state index is 12.7. The number of amides is 1. The fourth-order valence-electron chi connectivity index (χ4n) is 2.88. The molecule has 0 fully saturated rings. The van der Waals surface area contributed by atoms with Crippen molar-refractivity contribution in [2.45, 2.75) is 77.7 Å². The van der Waals surface area contributed by atoms with Crippen LogP contribution in [0, 0.1) is 5.92 Å². The van der Waals surface area contributed by atoms with Crippen molar-refractivity contribution in [1.82, 2.24) is 10.6 Å². The Labute approximate surface area is 183 Å². The lowest BCUT2D eigenvalue weighted by molar-refractivity contribution is -0.145. The Morgan fingerprint density at radius 3 is 2.13 bits per heavy atom. The summed E-state index contributed by atoms with van der Waals surface area (Å²) in [5.41, 5.74) is 0.929. The van der Waals surface area contributed by atoms with Gasteiger partial charge in [0.25, 0.3) is 0 Å². The second-order valence-corrected chi connectivity index (χ2v) is 14.2. The van der Waals surface area contributed by atoms with Crippen LogP contribution in [0.15, 0.2) is 24.3 Å². The van der Waals surface area contributed by atoms with Crippen molar-refractivity contribution in [3.05, 3.63) is 29.8 Å². The van der Waals surface area contributed by atoms with Crippen LogP contribution in [0.3, 0.4) is 0 Å². The Hall–Kier alpha value is -1.86. The van der Waals surface area contributed by atoms with Gasteiger partial charge in [0, 0.05) is 6.42 Å². The van der Waals surface area contributed by atoms with Crippen molar-refractivity contribution < 1.29 is 18.8 Å². The number of rotatable bonds is 10. The molecule has 0 aromatic heterocycles. The lowest BCUT2D eigenvalue weighted by atomic mass is 9.97. The Morgan fingerprint density at radius 1 is 1.13 bits per heavy atom. The lowest BCUT2D eigenvalue weighted by Gasteiger charge is -2.36. The summed E-state index contributed by atoms with van der Waals surface area (Å²) >= 11 is 0. The van der Waals surface area contributed by atoms with Crippen molar-refractivity contribution in [2.75, 3.05) is 14.2 Å². The van der Waals surface area contributed by atoms with Gasteiger partial charge in [0.2, 0.25) is 14.2 Å². The van der Waals surface area contributed by atoms with Crippen LogP contribution < -0.4 is 15.1 Å². The molecule has 0 spiro atoms. The van der Waals surface area contributed by atoms with E-state index in [1.165, 1.54) is 7.11 Å². The quantitative estimate of drug-likeness (QED) is 0.430. The predicted octanol–water partition coefficient (Wildman–Crippen LogP) is 3.91. The van der Waals surface area contributed by atoms with E-state index < -0.39 is 20.3 Å². The molecule has 0 radical (unpaired) electrons. The molecule has 2 N–H and O–H groups in total. The molecule has 30 heavy (non-hydrogen) atoms. The summed E-state index contributed by atoms with van der Waals surface area (Å²) < 4.78 is 11.2. The normalized spacial score (nSPS) is 15.1. The van der Waals surface area contributed by atoms with Crippen LogP contribution in [-0.4, -0.2) is 46.4 Å². The van der Waals surface area contributed by atoms with Gasteiger partial charge in [-0.25, -0.2) is 4.79 Å². The number of esters is 1. The molecule has 170 valence electrons. The Bertz CT molecular complexity index is 698. The van der Waals surface area contributed by atoms with E-state index in [9.17, 15) is 9.59 Å². The molecule has 0 saturated carbocycles. The largest absolute Gasteiger partial charge is 0.544 e. The smallest absolute Gasteiger partial charge is 0.328 e. The zero-order valence-electron chi connectivity index (χ0n) is 20.1. The van der Waals surface area contributed by atoms with E-state index in [1.807, 2.05) is 38.1 Å². The molecule has 0 aliphatic heterocycles. The van der Waals surface area contributed by atoms with Gasteiger partial charge in [-0.2, -0.15) is 0 Å². The molecule has 0 bridgehead atoms. The zero-order valence-corrected chi connectivity index (χ0v) is 21.1. The number of carbonyl (C=O) groups excluding carboxylic acids is 2. The van der Waals surface area contributed by atoms with Gasteiger partial charge in [0.15, 0.2) is 0 Å². The maximum Gasteiger partial charge on any atom is 0.328 e. The highest BCUT2D eigenvalue weighted by Crippen LogP contribution is 2.37. The minimum absolute atomic E-state index is 0.116. The first-order valence-corrected chi connectivity index (χ1v) is 13.6. The van der Waals surface area contributed by atoms with Crippen molar-refractivity contribution in [3.63, 3.8) is 0 Å². The predicted molar refractivity (Wildman–Crippen MR) is 124 cm³/mol. The maximum absolute atomic E-state index is 12.7. The van der Waals surface area contributed by atoms with Crippen molar-refractivity contribution >= 4 is 20.2 Å². The number of ether oxygens (including phenoxy) is 1. The zero-order chi connectivity index (χ0) is 23.1. The molecule has 0 unspecified atom stereocenters. The summed E-state index contributed by atoms with van der Waals surface area (Å²) in [7, 11) is 1.18. The lowest BCUT2D eigenvalue weighted by Crippen LogP contribution is -2.52. The summed E-state index contributed by atoms with van der Waals surface area (Å²) in [4.78, 5) is 25.0. The van der Waals surface area contributed by atoms with Crippen LogP contribution in [0.25, 0.3) is 0 Å². The van der Waals surface area contributed by atoms with E-state index in [0.29, 0.717) is 6.42 Å². The first-order chi connectivity index (χ1) is 13.9. The fourth-order valence-corrected chi connectivity index (χ4v) is 3.92. The Kier molecular flexibility index (Phi) is 9.56. The van der Waals surface area contributed by atoms with Crippen LogP contribution in [-0.2, 0) is 20.7 Å². The molecule has 1 rings (SSSR count). The monoisotopic (exact) mass is 436 g/mol. The first-order valence-electron chi connectivity index (χ1n) is 10.7. The van der Waals surface area contributed by atoms with E-state index in [1.54, 1.807) is 7.05 Å². The van der Waals surface area contributed by atoms with E-state index in [-0.39, 0.29) is 22.9 Å². The molecule has 7 heteroatoms. The van der Waals surface area contributed by atoms with E-state index >= 15 is 0 Å². The van der Waals surface area contributed by atoms with Crippen LogP contribution >= 0.6 is 0 Å². The van der Waals surface area contributed by atoms with Crippen molar-refractivity contribution in [1.29, 1.82) is 0 Å². The molecule has 0 saturated heterocycles. The molecule has 1 aromatic carbocycles. The topological polar surface area (TPSA) is 76.7 Å². The second-order valence-electron chi connectivity index (χ2n) is 9.45. The average molecular weight is 437 g/mol. The third-order valence-corrected chi connectivity index (χ3v) is 10.5. The third-order valence-electron chi connectivity index (χ3n) is 6.15. The standard InChI is InChI=1S/C23H40N2O4Si/c1-10-16(2)20(24-6)21(26)25-19(22(27)28-7)15-17-11-13-18(14-12-17)29-30(8,9)23(3,4)5/h11-14,16,19-20,24H,10,15H2,1-9H3,(H,25,26)/t16-,19+,20-/m0/s1.